The summed E-state index contributed by atoms with van der Waals surface area (Å²) >= 11 is 11.2. The summed E-state index contributed by atoms with van der Waals surface area (Å²) in [4.78, 5) is 10.9. The summed E-state index contributed by atoms with van der Waals surface area (Å²) in [7, 11) is 0. The molecule has 0 aliphatic heterocycles. The van der Waals surface area contributed by atoms with Gasteiger partial charge in [-0.3, -0.25) is 0 Å². The summed E-state index contributed by atoms with van der Waals surface area (Å²) in [5.74, 6) is -1.93. The first-order chi connectivity index (χ1) is 8.45. The number of hydrogen-bond acceptors (Lipinski definition) is 5. The Bertz CT molecular complexity index is 564. The van der Waals surface area contributed by atoms with Gasteiger partial charge in [-0.05, 0) is 17.7 Å². The second-order valence-corrected chi connectivity index (χ2v) is 3.90. The van der Waals surface area contributed by atoms with Crippen LogP contribution in [0.1, 0.15) is 0 Å². The van der Waals surface area contributed by atoms with Crippen molar-refractivity contribution in [3.8, 4) is 0 Å². The third-order valence-corrected chi connectivity index (χ3v) is 2.34. The zero-order chi connectivity index (χ0) is 13.3. The first-order valence-corrected chi connectivity index (χ1v) is 5.30. The molecular weight excluding hydrogens is 287 g/mol. The number of benzene rings is 1. The minimum absolute atomic E-state index is 0.0973. The van der Waals surface area contributed by atoms with Gasteiger partial charge in [-0.15, -0.1) is 0 Å². The molecule has 0 aliphatic carbocycles. The molecule has 0 spiro atoms. The van der Waals surface area contributed by atoms with Gasteiger partial charge in [0.25, 0.3) is 0 Å². The highest BCUT2D eigenvalue weighted by Crippen LogP contribution is 2.28. The van der Waals surface area contributed by atoms with Crippen LogP contribution in [0.2, 0.25) is 10.3 Å². The Labute approximate surface area is 110 Å². The summed E-state index contributed by atoms with van der Waals surface area (Å²) in [6.45, 7) is 0. The second kappa shape index (κ2) is 4.87. The topological polar surface area (TPSA) is 76.7 Å². The van der Waals surface area contributed by atoms with Crippen LogP contribution in [0.15, 0.2) is 12.1 Å². The quantitative estimate of drug-likeness (QED) is 0.890. The van der Waals surface area contributed by atoms with Gasteiger partial charge < -0.3 is 11.1 Å². The van der Waals surface area contributed by atoms with Crippen molar-refractivity contribution in [1.82, 2.24) is 15.0 Å². The van der Waals surface area contributed by atoms with Crippen molar-refractivity contribution in [1.29, 1.82) is 0 Å². The van der Waals surface area contributed by atoms with E-state index in [1.807, 2.05) is 0 Å². The average Bonchev–Trinajstić information content (AvgIpc) is 2.22. The number of nitrogens with zero attached hydrogens (tertiary/aromatic N) is 3. The maximum atomic E-state index is 13.5. The Morgan fingerprint density at radius 3 is 2.44 bits per heavy atom. The largest absolute Gasteiger partial charge is 0.368 e. The van der Waals surface area contributed by atoms with E-state index in [1.54, 1.807) is 0 Å². The van der Waals surface area contributed by atoms with Crippen LogP contribution in [0.5, 0.6) is 0 Å². The Balaban J connectivity index is 2.40. The van der Waals surface area contributed by atoms with E-state index in [4.69, 9.17) is 28.9 Å². The van der Waals surface area contributed by atoms with Crippen LogP contribution in [0.25, 0.3) is 0 Å². The van der Waals surface area contributed by atoms with Gasteiger partial charge in [-0.2, -0.15) is 15.0 Å². The van der Waals surface area contributed by atoms with E-state index in [9.17, 15) is 8.78 Å². The maximum Gasteiger partial charge on any atom is 0.233 e. The van der Waals surface area contributed by atoms with Crippen LogP contribution in [0.4, 0.5) is 26.4 Å². The Kier molecular flexibility index (Phi) is 3.44. The van der Waals surface area contributed by atoms with Crippen LogP contribution in [0, 0.1) is 11.6 Å². The number of nitrogens with two attached hydrogens (primary N) is 1. The maximum absolute atomic E-state index is 13.5. The molecule has 2 aromatic rings. The second-order valence-electron chi connectivity index (χ2n) is 3.16. The lowest BCUT2D eigenvalue weighted by molar-refractivity contribution is 0.586. The summed E-state index contributed by atoms with van der Waals surface area (Å²) < 4.78 is 26.3. The Morgan fingerprint density at radius 2 is 1.83 bits per heavy atom. The predicted molar refractivity (Wildman–Crippen MR) is 63.9 cm³/mol. The zero-order valence-electron chi connectivity index (χ0n) is 8.59. The van der Waals surface area contributed by atoms with Crippen molar-refractivity contribution in [3.05, 3.63) is 34.1 Å². The summed E-state index contributed by atoms with van der Waals surface area (Å²) in [5, 5.41) is 2.12. The molecule has 1 aromatic carbocycles. The third kappa shape index (κ3) is 2.74. The van der Waals surface area contributed by atoms with Gasteiger partial charge in [0, 0.05) is 6.07 Å². The third-order valence-electron chi connectivity index (χ3n) is 1.87. The van der Waals surface area contributed by atoms with Gasteiger partial charge >= 0.3 is 0 Å². The number of halogens is 4. The fraction of sp³-hybridized carbons (Fsp3) is 0. The molecule has 0 fully saturated rings. The lowest BCUT2D eigenvalue weighted by atomic mass is 10.3. The van der Waals surface area contributed by atoms with E-state index in [2.05, 4.69) is 20.3 Å². The number of hydrogen-bond donors (Lipinski definition) is 2. The van der Waals surface area contributed by atoms with Crippen molar-refractivity contribution < 1.29 is 8.78 Å². The van der Waals surface area contributed by atoms with Gasteiger partial charge in [0.05, 0.1) is 10.7 Å². The molecule has 5 nitrogen and oxygen atoms in total. The molecule has 2 rings (SSSR count). The molecular formula is C9H5Cl2F2N5. The minimum atomic E-state index is -0.893. The van der Waals surface area contributed by atoms with E-state index < -0.39 is 11.6 Å². The van der Waals surface area contributed by atoms with Gasteiger partial charge in [0.2, 0.25) is 17.2 Å². The van der Waals surface area contributed by atoms with Crippen LogP contribution in [0.3, 0.4) is 0 Å². The molecule has 0 saturated carbocycles. The average molecular weight is 292 g/mol. The highest BCUT2D eigenvalue weighted by molar-refractivity contribution is 6.33. The van der Waals surface area contributed by atoms with Crippen LogP contribution >= 0.6 is 23.2 Å². The lowest BCUT2D eigenvalue weighted by Gasteiger charge is -2.08. The summed E-state index contributed by atoms with van der Waals surface area (Å²) in [6, 6.07) is 1.61. The van der Waals surface area contributed by atoms with Gasteiger partial charge in [-0.25, -0.2) is 8.78 Å². The molecule has 0 amide bonds. The molecule has 18 heavy (non-hydrogen) atoms. The van der Waals surface area contributed by atoms with Crippen molar-refractivity contribution in [2.24, 2.45) is 0 Å². The molecule has 94 valence electrons. The van der Waals surface area contributed by atoms with Crippen molar-refractivity contribution in [2.75, 3.05) is 11.1 Å². The normalized spacial score (nSPS) is 10.4. The Hall–Kier alpha value is -1.73. The molecule has 0 unspecified atom stereocenters. The van der Waals surface area contributed by atoms with Gasteiger partial charge in [0.1, 0.15) is 5.82 Å². The van der Waals surface area contributed by atoms with Crippen molar-refractivity contribution in [2.45, 2.75) is 0 Å². The Morgan fingerprint density at radius 1 is 1.11 bits per heavy atom. The first kappa shape index (κ1) is 12.7. The van der Waals surface area contributed by atoms with Crippen LogP contribution in [-0.2, 0) is 0 Å². The lowest BCUT2D eigenvalue weighted by Crippen LogP contribution is -2.05. The predicted octanol–water partition coefficient (Wildman–Crippen LogP) is 2.78. The van der Waals surface area contributed by atoms with Gasteiger partial charge in [-0.1, -0.05) is 11.6 Å². The molecule has 1 heterocycles. The molecule has 9 heteroatoms. The molecule has 0 radical (unpaired) electrons. The molecule has 0 bridgehead atoms. The fourth-order valence-electron chi connectivity index (χ4n) is 1.19. The zero-order valence-corrected chi connectivity index (χ0v) is 10.1. The fourth-order valence-corrected chi connectivity index (χ4v) is 1.60. The number of nitrogen functional groups attached to an aromatic ring is 1. The van der Waals surface area contributed by atoms with E-state index in [-0.39, 0.29) is 27.9 Å². The van der Waals surface area contributed by atoms with E-state index in [0.29, 0.717) is 6.07 Å². The summed E-state index contributed by atoms with van der Waals surface area (Å²) in [5.41, 5.74) is 5.16. The van der Waals surface area contributed by atoms with E-state index >= 15 is 0 Å². The SMILES string of the molecule is Nc1nc(Cl)nc(Nc2c(F)cc(F)cc2Cl)n1. The first-order valence-electron chi connectivity index (χ1n) is 4.54. The standard InChI is InChI=1S/C9H5Cl2F2N5/c10-4-1-3(12)2-5(13)6(4)15-9-17-7(11)16-8(14)18-9/h1-2H,(H3,14,15,16,17,18). The van der Waals surface area contributed by atoms with Crippen molar-refractivity contribution in [3.63, 3.8) is 0 Å². The molecule has 0 aliphatic rings. The van der Waals surface area contributed by atoms with Crippen LogP contribution in [-0.4, -0.2) is 15.0 Å². The number of aromatic nitrogens is 3. The van der Waals surface area contributed by atoms with E-state index in [0.717, 1.165) is 6.07 Å². The number of nitrogens with one attached hydrogen (secondary N) is 1. The van der Waals surface area contributed by atoms with Crippen LogP contribution < -0.4 is 11.1 Å². The molecule has 0 saturated heterocycles. The van der Waals surface area contributed by atoms with E-state index in [1.165, 1.54) is 0 Å². The highest BCUT2D eigenvalue weighted by atomic mass is 35.5. The van der Waals surface area contributed by atoms with Crippen molar-refractivity contribution >= 4 is 40.8 Å². The molecule has 3 N–H and O–H groups in total. The highest BCUT2D eigenvalue weighted by Gasteiger charge is 2.12. The monoisotopic (exact) mass is 291 g/mol. The number of rotatable bonds is 2. The molecule has 1 aromatic heterocycles. The number of anilines is 3. The minimum Gasteiger partial charge on any atom is -0.368 e. The van der Waals surface area contributed by atoms with Gasteiger partial charge in [0.15, 0.2) is 5.82 Å². The summed E-state index contributed by atoms with van der Waals surface area (Å²) in [6.07, 6.45) is 0. The molecule has 0 atom stereocenters. The smallest absolute Gasteiger partial charge is 0.233 e.